The number of carbonyl (C=O) groups is 2. The zero-order valence-electron chi connectivity index (χ0n) is 16.9. The number of hydrogen-bond donors (Lipinski definition) is 4. The third kappa shape index (κ3) is 4.60. The third-order valence-corrected chi connectivity index (χ3v) is 4.81. The highest BCUT2D eigenvalue weighted by molar-refractivity contribution is 5.86. The number of amides is 1. The van der Waals surface area contributed by atoms with Crippen molar-refractivity contribution in [1.82, 2.24) is 30.2 Å². The molecule has 1 fully saturated rings. The van der Waals surface area contributed by atoms with Crippen molar-refractivity contribution in [2.45, 2.75) is 18.8 Å². The molecule has 3 aromatic heterocycles. The number of H-pyrrole nitrogens is 1. The van der Waals surface area contributed by atoms with Crippen molar-refractivity contribution in [2.24, 2.45) is 0 Å². The Morgan fingerprint density at radius 2 is 2.16 bits per heavy atom. The van der Waals surface area contributed by atoms with Crippen LogP contribution in [0.4, 0.5) is 16.6 Å². The molecule has 0 radical (unpaired) electrons. The van der Waals surface area contributed by atoms with E-state index in [1.165, 1.54) is 7.11 Å². The smallest absolute Gasteiger partial charge is 0.406 e. The van der Waals surface area contributed by atoms with Crippen LogP contribution in [-0.2, 0) is 4.74 Å². The van der Waals surface area contributed by atoms with Gasteiger partial charge in [-0.1, -0.05) is 0 Å². The highest BCUT2D eigenvalue weighted by Gasteiger charge is 2.29. The van der Waals surface area contributed by atoms with Crippen molar-refractivity contribution in [3.8, 4) is 22.6 Å². The van der Waals surface area contributed by atoms with E-state index in [0.717, 1.165) is 18.7 Å². The van der Waals surface area contributed by atoms with Gasteiger partial charge in [0.15, 0.2) is 6.29 Å². The monoisotopic (exact) mass is 422 g/mol. The van der Waals surface area contributed by atoms with Gasteiger partial charge in [0.2, 0.25) is 5.95 Å². The van der Waals surface area contributed by atoms with Crippen molar-refractivity contribution in [3.05, 3.63) is 35.9 Å². The molecule has 1 saturated carbocycles. The van der Waals surface area contributed by atoms with Gasteiger partial charge in [-0.25, -0.2) is 24.7 Å². The summed E-state index contributed by atoms with van der Waals surface area (Å²) in [4.78, 5) is 43.5. The minimum absolute atomic E-state index is 0.173. The van der Waals surface area contributed by atoms with Crippen LogP contribution in [0.15, 0.2) is 24.5 Å². The molecule has 0 spiro atoms. The molecule has 3 heterocycles. The number of anilines is 2. The largest absolute Gasteiger partial charge is 0.453 e. The van der Waals surface area contributed by atoms with Crippen LogP contribution < -0.4 is 16.4 Å². The number of ether oxygens (including phenoxy) is 1. The predicted octanol–water partition coefficient (Wildman–Crippen LogP) is 1.97. The Morgan fingerprint density at radius 1 is 1.32 bits per heavy atom. The lowest BCUT2D eigenvalue weighted by atomic mass is 10.1. The Morgan fingerprint density at radius 3 is 2.90 bits per heavy atom. The van der Waals surface area contributed by atoms with E-state index >= 15 is 0 Å². The Hall–Kier alpha value is -4.02. The first-order valence-electron chi connectivity index (χ1n) is 9.79. The van der Waals surface area contributed by atoms with Crippen LogP contribution in [0.3, 0.4) is 0 Å². The fraction of sp³-hybridized carbons (Fsp3) is 0.300. The lowest BCUT2D eigenvalue weighted by molar-refractivity contribution is 0.112. The molecule has 4 rings (SSSR count). The molecule has 0 unspecified atom stereocenters. The maximum Gasteiger partial charge on any atom is 0.406 e. The molecule has 3 aromatic rings. The lowest BCUT2D eigenvalue weighted by Crippen LogP contribution is -2.28. The molecule has 1 aliphatic carbocycles. The van der Waals surface area contributed by atoms with E-state index in [4.69, 9.17) is 10.7 Å². The zero-order chi connectivity index (χ0) is 21.8. The second kappa shape index (κ2) is 8.78. The molecule has 0 saturated heterocycles. The average Bonchev–Trinajstić information content (AvgIpc) is 3.55. The van der Waals surface area contributed by atoms with Gasteiger partial charge in [0.25, 0.3) is 0 Å². The Labute approximate surface area is 177 Å². The van der Waals surface area contributed by atoms with Crippen molar-refractivity contribution < 1.29 is 14.3 Å². The summed E-state index contributed by atoms with van der Waals surface area (Å²) in [5.41, 5.74) is 8.74. The van der Waals surface area contributed by atoms with Crippen LogP contribution in [-0.4, -0.2) is 57.5 Å². The quantitative estimate of drug-likeness (QED) is 0.314. The first-order valence-corrected chi connectivity index (χ1v) is 9.79. The second-order valence-corrected chi connectivity index (χ2v) is 7.05. The summed E-state index contributed by atoms with van der Waals surface area (Å²) >= 11 is 0. The summed E-state index contributed by atoms with van der Waals surface area (Å²) in [5.74, 6) is 1.85. The SMILES string of the molecule is COC(=O)NCCNc1nccc(-c2[nH]c(C3CC3)nc2-c2cnc(N)c(C=O)c2)n1. The van der Waals surface area contributed by atoms with Crippen molar-refractivity contribution in [3.63, 3.8) is 0 Å². The van der Waals surface area contributed by atoms with E-state index in [1.807, 2.05) is 0 Å². The molecule has 160 valence electrons. The van der Waals surface area contributed by atoms with Crippen LogP contribution in [0.5, 0.6) is 0 Å². The number of aromatic nitrogens is 5. The summed E-state index contributed by atoms with van der Waals surface area (Å²) in [6.07, 6.45) is 5.56. The van der Waals surface area contributed by atoms with Crippen LogP contribution in [0.1, 0.15) is 34.9 Å². The van der Waals surface area contributed by atoms with Crippen LogP contribution in [0, 0.1) is 0 Å². The molecule has 0 bridgehead atoms. The number of imidazole rings is 1. The van der Waals surface area contributed by atoms with Crippen molar-refractivity contribution >= 4 is 24.1 Å². The third-order valence-electron chi connectivity index (χ3n) is 4.81. The fourth-order valence-electron chi connectivity index (χ4n) is 3.05. The van der Waals surface area contributed by atoms with Gasteiger partial charge in [-0.2, -0.15) is 0 Å². The van der Waals surface area contributed by atoms with Gasteiger partial charge in [0.05, 0.1) is 29.8 Å². The zero-order valence-corrected chi connectivity index (χ0v) is 16.9. The minimum atomic E-state index is -0.502. The molecule has 11 heteroatoms. The number of nitrogens with two attached hydrogens (primary N) is 1. The number of nitrogens with one attached hydrogen (secondary N) is 3. The molecule has 1 amide bonds. The molecule has 0 aliphatic heterocycles. The van der Waals surface area contributed by atoms with E-state index in [0.29, 0.717) is 59.5 Å². The number of hydrogen-bond acceptors (Lipinski definition) is 9. The number of alkyl carbamates (subject to hydrolysis) is 1. The number of rotatable bonds is 8. The van der Waals surface area contributed by atoms with Gasteiger partial charge in [0.1, 0.15) is 11.6 Å². The summed E-state index contributed by atoms with van der Waals surface area (Å²) in [6, 6.07) is 3.45. The minimum Gasteiger partial charge on any atom is -0.453 e. The van der Waals surface area contributed by atoms with Gasteiger partial charge in [-0.15, -0.1) is 0 Å². The molecule has 0 atom stereocenters. The summed E-state index contributed by atoms with van der Waals surface area (Å²) in [7, 11) is 1.31. The molecular weight excluding hydrogens is 400 g/mol. The lowest BCUT2D eigenvalue weighted by Gasteiger charge is -2.08. The summed E-state index contributed by atoms with van der Waals surface area (Å²) in [6.45, 7) is 0.777. The standard InChI is InChI=1S/C20H22N8O3/c1-31-20(30)24-7-6-23-19-22-5-4-14(26-19)16-15(27-18(28-16)11-2-3-11)12-8-13(10-29)17(21)25-9-12/h4-5,8-11H,2-3,6-7H2,1H3,(H2,21,25)(H,24,30)(H,27,28)(H,22,23,26). The van der Waals surface area contributed by atoms with Crippen LogP contribution in [0.25, 0.3) is 22.6 Å². The highest BCUT2D eigenvalue weighted by Crippen LogP contribution is 2.41. The maximum absolute atomic E-state index is 11.3. The topological polar surface area (TPSA) is 161 Å². The van der Waals surface area contributed by atoms with Gasteiger partial charge in [-0.3, -0.25) is 4.79 Å². The molecule has 1 aliphatic rings. The predicted molar refractivity (Wildman–Crippen MR) is 114 cm³/mol. The number of methoxy groups -OCH3 is 1. The number of nitrogens with zero attached hydrogens (tertiary/aromatic N) is 4. The highest BCUT2D eigenvalue weighted by atomic mass is 16.5. The molecular formula is C20H22N8O3. The van der Waals surface area contributed by atoms with E-state index in [-0.39, 0.29) is 5.82 Å². The first kappa shape index (κ1) is 20.3. The number of nitrogen functional groups attached to an aromatic ring is 1. The van der Waals surface area contributed by atoms with E-state index in [9.17, 15) is 9.59 Å². The number of carbonyl (C=O) groups excluding carboxylic acids is 2. The van der Waals surface area contributed by atoms with Crippen molar-refractivity contribution in [2.75, 3.05) is 31.2 Å². The van der Waals surface area contributed by atoms with Gasteiger partial charge < -0.3 is 26.1 Å². The summed E-state index contributed by atoms with van der Waals surface area (Å²) < 4.78 is 4.53. The molecule has 11 nitrogen and oxygen atoms in total. The number of aromatic amines is 1. The Balaban J connectivity index is 1.62. The van der Waals surface area contributed by atoms with Gasteiger partial charge >= 0.3 is 6.09 Å². The molecule has 31 heavy (non-hydrogen) atoms. The van der Waals surface area contributed by atoms with E-state index in [2.05, 4.69) is 35.3 Å². The molecule has 5 N–H and O–H groups in total. The van der Waals surface area contributed by atoms with Gasteiger partial charge in [-0.05, 0) is 25.0 Å². The first-order chi connectivity index (χ1) is 15.1. The Bertz CT molecular complexity index is 1110. The van der Waals surface area contributed by atoms with Crippen LogP contribution >= 0.6 is 0 Å². The molecule has 0 aromatic carbocycles. The normalized spacial score (nSPS) is 12.9. The van der Waals surface area contributed by atoms with E-state index in [1.54, 1.807) is 24.5 Å². The van der Waals surface area contributed by atoms with E-state index < -0.39 is 6.09 Å². The van der Waals surface area contributed by atoms with Crippen molar-refractivity contribution in [1.29, 1.82) is 0 Å². The summed E-state index contributed by atoms with van der Waals surface area (Å²) in [5, 5.41) is 5.64. The van der Waals surface area contributed by atoms with Gasteiger partial charge in [0, 0.05) is 37.0 Å². The fourth-order valence-corrected chi connectivity index (χ4v) is 3.05. The average molecular weight is 422 g/mol. The number of pyridine rings is 1. The number of aldehydes is 1. The maximum atomic E-state index is 11.3. The van der Waals surface area contributed by atoms with Crippen LogP contribution in [0.2, 0.25) is 0 Å². The Kier molecular flexibility index (Phi) is 5.74. The second-order valence-electron chi connectivity index (χ2n) is 7.05.